The molecule has 1 aromatic rings. The van der Waals surface area contributed by atoms with Crippen LogP contribution in [0.25, 0.3) is 0 Å². The number of amides is 1. The van der Waals surface area contributed by atoms with E-state index in [-0.39, 0.29) is 18.4 Å². The lowest BCUT2D eigenvalue weighted by atomic mass is 9.96. The highest BCUT2D eigenvalue weighted by molar-refractivity contribution is 5.94. The van der Waals surface area contributed by atoms with Gasteiger partial charge in [-0.2, -0.15) is 0 Å². The highest BCUT2D eigenvalue weighted by Crippen LogP contribution is 2.29. The average Bonchev–Trinajstić information content (AvgIpc) is 2.38. The lowest BCUT2D eigenvalue weighted by Gasteiger charge is -2.19. The van der Waals surface area contributed by atoms with Crippen molar-refractivity contribution in [1.82, 2.24) is 0 Å². The van der Waals surface area contributed by atoms with Crippen LogP contribution >= 0.6 is 0 Å². The van der Waals surface area contributed by atoms with Gasteiger partial charge in [0.05, 0.1) is 32.4 Å². The predicted molar refractivity (Wildman–Crippen MR) is 73.6 cm³/mol. The van der Waals surface area contributed by atoms with Gasteiger partial charge in [0.1, 0.15) is 11.5 Å². The summed E-state index contributed by atoms with van der Waals surface area (Å²) in [7, 11) is 3.08. The molecule has 1 aromatic carbocycles. The van der Waals surface area contributed by atoms with Crippen LogP contribution in [0.15, 0.2) is 18.2 Å². The zero-order valence-electron chi connectivity index (χ0n) is 11.8. The van der Waals surface area contributed by atoms with Gasteiger partial charge in [0.25, 0.3) is 0 Å². The van der Waals surface area contributed by atoms with Gasteiger partial charge in [-0.3, -0.25) is 4.79 Å². The van der Waals surface area contributed by atoms with E-state index < -0.39 is 5.92 Å². The SMILES string of the molecule is COc1ccc(OC)c(NC(=O)C(CO)C(C)C)c1. The lowest BCUT2D eigenvalue weighted by molar-refractivity contribution is -0.122. The fourth-order valence-electron chi connectivity index (χ4n) is 1.73. The maximum absolute atomic E-state index is 12.1. The van der Waals surface area contributed by atoms with Crippen LogP contribution in [0.2, 0.25) is 0 Å². The molecule has 0 radical (unpaired) electrons. The zero-order valence-corrected chi connectivity index (χ0v) is 11.8. The van der Waals surface area contributed by atoms with Crippen LogP contribution in [-0.2, 0) is 4.79 Å². The normalized spacial score (nSPS) is 12.1. The van der Waals surface area contributed by atoms with Crippen molar-refractivity contribution >= 4 is 11.6 Å². The number of ether oxygens (including phenoxy) is 2. The minimum atomic E-state index is -0.448. The van der Waals surface area contributed by atoms with E-state index in [0.717, 1.165) is 0 Å². The van der Waals surface area contributed by atoms with Crippen LogP contribution in [0.3, 0.4) is 0 Å². The molecule has 0 aliphatic rings. The van der Waals surface area contributed by atoms with Crippen molar-refractivity contribution in [1.29, 1.82) is 0 Å². The van der Waals surface area contributed by atoms with Gasteiger partial charge in [0, 0.05) is 6.07 Å². The number of hydrogen-bond acceptors (Lipinski definition) is 4. The Morgan fingerprint density at radius 3 is 2.47 bits per heavy atom. The molecule has 0 saturated carbocycles. The number of benzene rings is 1. The van der Waals surface area contributed by atoms with E-state index in [2.05, 4.69) is 5.32 Å². The summed E-state index contributed by atoms with van der Waals surface area (Å²) < 4.78 is 10.3. The zero-order chi connectivity index (χ0) is 14.4. The Kier molecular flexibility index (Phi) is 5.63. The third-order valence-electron chi connectivity index (χ3n) is 3.00. The number of hydrogen-bond donors (Lipinski definition) is 2. The highest BCUT2D eigenvalue weighted by atomic mass is 16.5. The number of carbonyl (C=O) groups is 1. The van der Waals surface area contributed by atoms with Crippen LogP contribution in [0.4, 0.5) is 5.69 Å². The van der Waals surface area contributed by atoms with Crippen molar-refractivity contribution in [3.05, 3.63) is 18.2 Å². The van der Waals surface area contributed by atoms with Crippen molar-refractivity contribution in [3.8, 4) is 11.5 Å². The molecule has 5 heteroatoms. The molecule has 19 heavy (non-hydrogen) atoms. The summed E-state index contributed by atoms with van der Waals surface area (Å²) in [5.74, 6) is 0.553. The largest absolute Gasteiger partial charge is 0.497 e. The first-order valence-corrected chi connectivity index (χ1v) is 6.17. The van der Waals surface area contributed by atoms with Gasteiger partial charge in [0.2, 0.25) is 5.91 Å². The van der Waals surface area contributed by atoms with Crippen LogP contribution in [-0.4, -0.2) is 31.8 Å². The Hall–Kier alpha value is -1.75. The Morgan fingerprint density at radius 2 is 2.00 bits per heavy atom. The minimum Gasteiger partial charge on any atom is -0.497 e. The summed E-state index contributed by atoms with van der Waals surface area (Å²) in [6.45, 7) is 3.60. The second kappa shape index (κ2) is 6.99. The minimum absolute atomic E-state index is 0.0570. The van der Waals surface area contributed by atoms with Crippen molar-refractivity contribution in [2.75, 3.05) is 26.1 Å². The number of methoxy groups -OCH3 is 2. The Bertz CT molecular complexity index is 431. The number of rotatable bonds is 6. The maximum Gasteiger partial charge on any atom is 0.230 e. The molecule has 0 aliphatic heterocycles. The van der Waals surface area contributed by atoms with Gasteiger partial charge < -0.3 is 19.9 Å². The first-order valence-electron chi connectivity index (χ1n) is 6.17. The quantitative estimate of drug-likeness (QED) is 0.826. The van der Waals surface area contributed by atoms with Gasteiger partial charge in [-0.1, -0.05) is 13.8 Å². The van der Waals surface area contributed by atoms with Crippen LogP contribution < -0.4 is 14.8 Å². The first kappa shape index (κ1) is 15.3. The Labute approximate surface area is 113 Å². The molecule has 0 aromatic heterocycles. The molecular weight excluding hydrogens is 246 g/mol. The van der Waals surface area contributed by atoms with Gasteiger partial charge >= 0.3 is 0 Å². The molecule has 0 fully saturated rings. The molecule has 0 aliphatic carbocycles. The molecule has 5 nitrogen and oxygen atoms in total. The summed E-state index contributed by atoms with van der Waals surface area (Å²) in [6, 6.07) is 5.16. The average molecular weight is 267 g/mol. The third kappa shape index (κ3) is 3.86. The standard InChI is InChI=1S/C14H21NO4/c1-9(2)11(8-16)14(17)15-12-7-10(18-3)5-6-13(12)19-4/h5-7,9,11,16H,8H2,1-4H3,(H,15,17). The summed E-state index contributed by atoms with van der Waals surface area (Å²) in [5.41, 5.74) is 0.533. The Balaban J connectivity index is 2.94. The number of nitrogens with one attached hydrogen (secondary N) is 1. The second-order valence-corrected chi connectivity index (χ2v) is 4.59. The maximum atomic E-state index is 12.1. The molecule has 1 rings (SSSR count). The van der Waals surface area contributed by atoms with E-state index in [0.29, 0.717) is 17.2 Å². The fraction of sp³-hybridized carbons (Fsp3) is 0.500. The van der Waals surface area contributed by atoms with E-state index in [1.807, 2.05) is 13.8 Å². The van der Waals surface area contributed by atoms with E-state index >= 15 is 0 Å². The van der Waals surface area contributed by atoms with E-state index in [1.165, 1.54) is 7.11 Å². The topological polar surface area (TPSA) is 67.8 Å². The number of carbonyl (C=O) groups excluding carboxylic acids is 1. The molecule has 0 heterocycles. The lowest BCUT2D eigenvalue weighted by Crippen LogP contribution is -2.29. The van der Waals surface area contributed by atoms with Crippen LogP contribution in [0.1, 0.15) is 13.8 Å². The van der Waals surface area contributed by atoms with Crippen LogP contribution in [0, 0.1) is 11.8 Å². The van der Waals surface area contributed by atoms with E-state index in [1.54, 1.807) is 25.3 Å². The number of aliphatic hydroxyl groups is 1. The molecule has 0 bridgehead atoms. The molecular formula is C14H21NO4. The monoisotopic (exact) mass is 267 g/mol. The van der Waals surface area contributed by atoms with Gasteiger partial charge in [-0.15, -0.1) is 0 Å². The first-order chi connectivity index (χ1) is 9.03. The summed E-state index contributed by atoms with van der Waals surface area (Å²) >= 11 is 0. The fourth-order valence-corrected chi connectivity index (χ4v) is 1.73. The summed E-state index contributed by atoms with van der Waals surface area (Å²) in [4.78, 5) is 12.1. The molecule has 0 spiro atoms. The van der Waals surface area contributed by atoms with Crippen molar-refractivity contribution < 1.29 is 19.4 Å². The van der Waals surface area contributed by atoms with Gasteiger partial charge in [-0.25, -0.2) is 0 Å². The molecule has 0 saturated heterocycles. The number of aliphatic hydroxyl groups excluding tert-OH is 1. The smallest absolute Gasteiger partial charge is 0.230 e. The van der Waals surface area contributed by atoms with Crippen molar-refractivity contribution in [2.24, 2.45) is 11.8 Å². The van der Waals surface area contributed by atoms with Crippen molar-refractivity contribution in [3.63, 3.8) is 0 Å². The second-order valence-electron chi connectivity index (χ2n) is 4.59. The van der Waals surface area contributed by atoms with E-state index in [9.17, 15) is 9.90 Å². The predicted octanol–water partition coefficient (Wildman–Crippen LogP) is 1.91. The van der Waals surface area contributed by atoms with Gasteiger partial charge in [0.15, 0.2) is 0 Å². The molecule has 1 unspecified atom stereocenters. The molecule has 1 amide bonds. The summed E-state index contributed by atoms with van der Waals surface area (Å²) in [5, 5.41) is 12.0. The third-order valence-corrected chi connectivity index (χ3v) is 3.00. The molecule has 1 atom stereocenters. The van der Waals surface area contributed by atoms with E-state index in [4.69, 9.17) is 9.47 Å². The van der Waals surface area contributed by atoms with Gasteiger partial charge in [-0.05, 0) is 18.1 Å². The highest BCUT2D eigenvalue weighted by Gasteiger charge is 2.22. The molecule has 2 N–H and O–H groups in total. The Morgan fingerprint density at radius 1 is 1.32 bits per heavy atom. The number of anilines is 1. The molecule has 106 valence electrons. The summed E-state index contributed by atoms with van der Waals surface area (Å²) in [6.07, 6.45) is 0. The van der Waals surface area contributed by atoms with Crippen molar-refractivity contribution in [2.45, 2.75) is 13.8 Å². The van der Waals surface area contributed by atoms with Crippen LogP contribution in [0.5, 0.6) is 11.5 Å².